The van der Waals surface area contributed by atoms with Crippen LogP contribution in [0.25, 0.3) is 16.6 Å². The molecule has 0 radical (unpaired) electrons. The van der Waals surface area contributed by atoms with Crippen LogP contribution in [0.3, 0.4) is 0 Å². The summed E-state index contributed by atoms with van der Waals surface area (Å²) in [7, 11) is 0. The number of aryl methyl sites for hydroxylation is 1. The fraction of sp³-hybridized carbons (Fsp3) is 0.174. The van der Waals surface area contributed by atoms with Gasteiger partial charge in [0.05, 0.1) is 17.4 Å². The minimum Gasteiger partial charge on any atom is -0.457 e. The van der Waals surface area contributed by atoms with Crippen molar-refractivity contribution in [3.8, 4) is 11.4 Å². The number of fused-ring (bicyclic) bond motifs is 1. The van der Waals surface area contributed by atoms with Crippen molar-refractivity contribution in [2.24, 2.45) is 0 Å². The van der Waals surface area contributed by atoms with Crippen molar-refractivity contribution in [1.82, 2.24) is 9.78 Å². The number of ether oxygens (including phenoxy) is 1. The summed E-state index contributed by atoms with van der Waals surface area (Å²) < 4.78 is 22.0. The molecule has 0 amide bonds. The first-order valence-corrected chi connectivity index (χ1v) is 9.08. The minimum absolute atomic E-state index is 0.372. The van der Waals surface area contributed by atoms with Gasteiger partial charge in [-0.15, -0.1) is 0 Å². The summed E-state index contributed by atoms with van der Waals surface area (Å²) in [4.78, 5) is 0. The largest absolute Gasteiger partial charge is 0.457 e. The first-order valence-electron chi connectivity index (χ1n) is 9.08. The van der Waals surface area contributed by atoms with Crippen molar-refractivity contribution in [2.75, 3.05) is 0 Å². The smallest absolute Gasteiger partial charge is 0.270 e. The number of benzene rings is 3. The van der Waals surface area contributed by atoms with Crippen LogP contribution >= 0.6 is 0 Å². The van der Waals surface area contributed by atoms with E-state index in [1.165, 1.54) is 6.92 Å². The van der Waals surface area contributed by atoms with Crippen LogP contribution in [0.5, 0.6) is 5.75 Å². The Kier molecular flexibility index (Phi) is 4.61. The standard InChI is InChI=1S/C23H21FN2O2/c1-16-8-11-20(12-9-16)28-22(24)23(2,27)18-10-13-21-17(14-18)15-25-26(21)19-6-4-3-5-7-19/h3-15,22,27H,1-2H3. The second-order valence-electron chi connectivity index (χ2n) is 7.06. The zero-order chi connectivity index (χ0) is 19.7. The summed E-state index contributed by atoms with van der Waals surface area (Å²) in [6.07, 6.45) is -0.215. The van der Waals surface area contributed by atoms with Gasteiger partial charge in [0, 0.05) is 5.39 Å². The highest BCUT2D eigenvalue weighted by Gasteiger charge is 2.36. The lowest BCUT2D eigenvalue weighted by Gasteiger charge is -2.28. The fourth-order valence-electron chi connectivity index (χ4n) is 3.10. The van der Waals surface area contributed by atoms with Crippen LogP contribution < -0.4 is 4.74 Å². The molecule has 142 valence electrons. The topological polar surface area (TPSA) is 47.3 Å². The maximum atomic E-state index is 14.8. The third-order valence-electron chi connectivity index (χ3n) is 4.86. The molecule has 2 atom stereocenters. The van der Waals surface area contributed by atoms with Crippen molar-refractivity contribution in [1.29, 1.82) is 0 Å². The Morgan fingerprint density at radius 2 is 1.75 bits per heavy atom. The molecule has 0 fully saturated rings. The Morgan fingerprint density at radius 1 is 1.04 bits per heavy atom. The Bertz CT molecular complexity index is 1090. The van der Waals surface area contributed by atoms with Gasteiger partial charge in [-0.3, -0.25) is 0 Å². The van der Waals surface area contributed by atoms with Gasteiger partial charge in [-0.25, -0.2) is 4.68 Å². The van der Waals surface area contributed by atoms with E-state index in [2.05, 4.69) is 5.10 Å². The molecule has 0 aliphatic carbocycles. The zero-order valence-corrected chi connectivity index (χ0v) is 15.7. The highest BCUT2D eigenvalue weighted by molar-refractivity contribution is 5.81. The Balaban J connectivity index is 1.63. The van der Waals surface area contributed by atoms with E-state index < -0.39 is 12.0 Å². The molecule has 0 aliphatic heterocycles. The van der Waals surface area contributed by atoms with Crippen molar-refractivity contribution >= 4 is 10.9 Å². The number of para-hydroxylation sites is 1. The number of nitrogens with zero attached hydrogens (tertiary/aromatic N) is 2. The third kappa shape index (κ3) is 3.37. The van der Waals surface area contributed by atoms with Gasteiger partial charge in [-0.2, -0.15) is 9.49 Å². The predicted octanol–water partition coefficient (Wildman–Crippen LogP) is 4.92. The highest BCUT2D eigenvalue weighted by Crippen LogP contribution is 2.31. The highest BCUT2D eigenvalue weighted by atomic mass is 19.1. The molecule has 1 N–H and O–H groups in total. The number of hydrogen-bond donors (Lipinski definition) is 1. The van der Waals surface area contributed by atoms with Gasteiger partial charge in [-0.05, 0) is 55.8 Å². The minimum atomic E-state index is -1.92. The second-order valence-corrected chi connectivity index (χ2v) is 7.06. The van der Waals surface area contributed by atoms with E-state index in [1.54, 1.807) is 30.5 Å². The van der Waals surface area contributed by atoms with Gasteiger partial charge in [0.25, 0.3) is 6.36 Å². The van der Waals surface area contributed by atoms with E-state index in [0.29, 0.717) is 11.3 Å². The van der Waals surface area contributed by atoms with E-state index in [-0.39, 0.29) is 0 Å². The van der Waals surface area contributed by atoms with Crippen LogP contribution in [0.4, 0.5) is 4.39 Å². The van der Waals surface area contributed by atoms with Crippen LogP contribution in [0, 0.1) is 6.92 Å². The van der Waals surface area contributed by atoms with Crippen molar-refractivity contribution < 1.29 is 14.2 Å². The van der Waals surface area contributed by atoms with Gasteiger partial charge in [-0.1, -0.05) is 42.0 Å². The molecule has 0 bridgehead atoms. The van der Waals surface area contributed by atoms with Gasteiger partial charge in [0.1, 0.15) is 5.75 Å². The number of rotatable bonds is 5. The molecule has 0 aliphatic rings. The first-order chi connectivity index (χ1) is 13.4. The van der Waals surface area contributed by atoms with Crippen LogP contribution in [0.1, 0.15) is 18.1 Å². The summed E-state index contributed by atoms with van der Waals surface area (Å²) in [6.45, 7) is 3.35. The number of aliphatic hydroxyl groups is 1. The number of halogens is 1. The lowest BCUT2D eigenvalue weighted by atomic mass is 9.95. The molecular formula is C23H21FN2O2. The summed E-state index contributed by atoms with van der Waals surface area (Å²) in [5.74, 6) is 0.372. The molecule has 3 aromatic carbocycles. The van der Waals surface area contributed by atoms with E-state index in [1.807, 2.05) is 60.1 Å². The maximum absolute atomic E-state index is 14.8. The SMILES string of the molecule is Cc1ccc(OC(F)C(C)(O)c2ccc3c(cnn3-c3ccccc3)c2)cc1. The molecule has 0 saturated heterocycles. The summed E-state index contributed by atoms with van der Waals surface area (Å²) in [6, 6.07) is 22.1. The lowest BCUT2D eigenvalue weighted by Crippen LogP contribution is -2.37. The monoisotopic (exact) mass is 376 g/mol. The Hall–Kier alpha value is -3.18. The number of alkyl halides is 1. The van der Waals surface area contributed by atoms with E-state index in [0.717, 1.165) is 22.2 Å². The Morgan fingerprint density at radius 3 is 2.46 bits per heavy atom. The van der Waals surface area contributed by atoms with Crippen molar-refractivity contribution in [2.45, 2.75) is 25.8 Å². The molecule has 2 unspecified atom stereocenters. The Labute approximate surface area is 162 Å². The van der Waals surface area contributed by atoms with E-state index >= 15 is 0 Å². The van der Waals surface area contributed by atoms with E-state index in [9.17, 15) is 9.50 Å². The molecule has 1 aromatic heterocycles. The van der Waals surface area contributed by atoms with Crippen LogP contribution in [-0.2, 0) is 5.60 Å². The average Bonchev–Trinajstić information content (AvgIpc) is 3.13. The molecular weight excluding hydrogens is 355 g/mol. The van der Waals surface area contributed by atoms with Gasteiger partial charge >= 0.3 is 0 Å². The van der Waals surface area contributed by atoms with Crippen molar-refractivity contribution in [3.05, 3.63) is 90.1 Å². The quantitative estimate of drug-likeness (QED) is 0.538. The first kappa shape index (κ1) is 18.2. The maximum Gasteiger partial charge on any atom is 0.270 e. The molecule has 1 heterocycles. The molecule has 28 heavy (non-hydrogen) atoms. The van der Waals surface area contributed by atoms with Crippen molar-refractivity contribution in [3.63, 3.8) is 0 Å². The number of hydrogen-bond acceptors (Lipinski definition) is 3. The molecule has 5 heteroatoms. The molecule has 4 aromatic rings. The normalized spacial score (nSPS) is 14.6. The summed E-state index contributed by atoms with van der Waals surface area (Å²) in [5, 5.41) is 16.1. The zero-order valence-electron chi connectivity index (χ0n) is 15.7. The molecule has 0 saturated carbocycles. The summed E-state index contributed by atoms with van der Waals surface area (Å²) in [5.41, 5.74) is 1.47. The third-order valence-corrected chi connectivity index (χ3v) is 4.86. The molecule has 0 spiro atoms. The summed E-state index contributed by atoms with van der Waals surface area (Å²) >= 11 is 0. The van der Waals surface area contributed by atoms with Crippen LogP contribution in [-0.4, -0.2) is 21.2 Å². The van der Waals surface area contributed by atoms with Gasteiger partial charge in [0.15, 0.2) is 5.60 Å². The number of aromatic nitrogens is 2. The second kappa shape index (κ2) is 7.09. The van der Waals surface area contributed by atoms with Crippen LogP contribution in [0.15, 0.2) is 79.0 Å². The molecule has 4 rings (SSSR count). The van der Waals surface area contributed by atoms with E-state index in [4.69, 9.17) is 4.74 Å². The van der Waals surface area contributed by atoms with Gasteiger partial charge < -0.3 is 9.84 Å². The van der Waals surface area contributed by atoms with Gasteiger partial charge in [0.2, 0.25) is 0 Å². The lowest BCUT2D eigenvalue weighted by molar-refractivity contribution is -0.119. The van der Waals surface area contributed by atoms with Crippen LogP contribution in [0.2, 0.25) is 0 Å². The fourth-order valence-corrected chi connectivity index (χ4v) is 3.10. The average molecular weight is 376 g/mol. The predicted molar refractivity (Wildman–Crippen MR) is 107 cm³/mol. The molecule has 4 nitrogen and oxygen atoms in total.